The fraction of sp³-hybridized carbons (Fsp3) is 0.556. The highest BCUT2D eigenvalue weighted by Crippen LogP contribution is 2.28. The molecule has 9 heteroatoms. The average molecular weight is 397 g/mol. The van der Waals surface area contributed by atoms with Crippen LogP contribution >= 0.6 is 0 Å². The lowest BCUT2D eigenvalue weighted by Crippen LogP contribution is -2.50. The summed E-state index contributed by atoms with van der Waals surface area (Å²) in [4.78, 5) is 25.1. The third kappa shape index (κ3) is 4.84. The van der Waals surface area contributed by atoms with Crippen LogP contribution in [0.3, 0.4) is 0 Å². The molecule has 0 atom stereocenters. The van der Waals surface area contributed by atoms with Crippen molar-refractivity contribution in [2.45, 2.75) is 30.6 Å². The normalized spacial score (nSPS) is 18.3. The summed E-state index contributed by atoms with van der Waals surface area (Å²) >= 11 is 0. The van der Waals surface area contributed by atoms with Gasteiger partial charge in [0.1, 0.15) is 10.7 Å². The lowest BCUT2D eigenvalue weighted by molar-refractivity contribution is -0.132. The molecular weight excluding hydrogens is 373 g/mol. The molecule has 148 valence electrons. The molecular formula is C18H24FN3O4S. The van der Waals surface area contributed by atoms with Crippen molar-refractivity contribution in [2.75, 3.05) is 32.7 Å². The van der Waals surface area contributed by atoms with Gasteiger partial charge in [-0.05, 0) is 31.4 Å². The molecule has 3 rings (SSSR count). The van der Waals surface area contributed by atoms with Gasteiger partial charge in [-0.2, -0.15) is 4.31 Å². The van der Waals surface area contributed by atoms with Gasteiger partial charge in [-0.25, -0.2) is 12.8 Å². The van der Waals surface area contributed by atoms with Crippen LogP contribution in [-0.4, -0.2) is 62.2 Å². The summed E-state index contributed by atoms with van der Waals surface area (Å²) in [5.74, 6) is -0.609. The lowest BCUT2D eigenvalue weighted by atomic mass is 10.2. The number of piperazine rings is 1. The number of amides is 2. The Morgan fingerprint density at radius 2 is 1.78 bits per heavy atom. The molecule has 1 saturated carbocycles. The number of rotatable bonds is 7. The zero-order valence-corrected chi connectivity index (χ0v) is 15.9. The van der Waals surface area contributed by atoms with E-state index in [1.807, 2.05) is 0 Å². The monoisotopic (exact) mass is 397 g/mol. The summed E-state index contributed by atoms with van der Waals surface area (Å²) in [6.07, 6.45) is 2.77. The molecule has 2 amide bonds. The van der Waals surface area contributed by atoms with E-state index in [-0.39, 0.29) is 48.8 Å². The van der Waals surface area contributed by atoms with Crippen LogP contribution in [-0.2, 0) is 19.6 Å². The van der Waals surface area contributed by atoms with E-state index >= 15 is 0 Å². The molecule has 1 aliphatic heterocycles. The third-order valence-electron chi connectivity index (χ3n) is 4.86. The molecule has 1 aliphatic carbocycles. The molecule has 1 aromatic carbocycles. The van der Waals surface area contributed by atoms with E-state index in [0.29, 0.717) is 19.4 Å². The second-order valence-corrected chi connectivity index (χ2v) is 8.79. The first-order valence-corrected chi connectivity index (χ1v) is 10.6. The largest absolute Gasteiger partial charge is 0.356 e. The maximum atomic E-state index is 13.8. The molecule has 1 saturated heterocycles. The SMILES string of the molecule is O=C(NCCCC(=O)N1CCN(S(=O)(=O)c2ccccc2F)CC1)C1CC1. The molecule has 0 unspecified atom stereocenters. The molecule has 2 fully saturated rings. The van der Waals surface area contributed by atoms with Gasteiger partial charge in [0.05, 0.1) is 0 Å². The van der Waals surface area contributed by atoms with Crippen LogP contribution in [0.1, 0.15) is 25.7 Å². The molecule has 0 radical (unpaired) electrons. The van der Waals surface area contributed by atoms with E-state index in [1.165, 1.54) is 22.5 Å². The molecule has 1 aromatic rings. The number of carbonyl (C=O) groups excluding carboxylic acids is 2. The smallest absolute Gasteiger partial charge is 0.246 e. The summed E-state index contributed by atoms with van der Waals surface area (Å²) in [6, 6.07) is 5.29. The minimum atomic E-state index is -3.90. The van der Waals surface area contributed by atoms with Gasteiger partial charge in [-0.15, -0.1) is 0 Å². The van der Waals surface area contributed by atoms with E-state index < -0.39 is 15.8 Å². The molecule has 27 heavy (non-hydrogen) atoms. The molecule has 2 aliphatic rings. The lowest BCUT2D eigenvalue weighted by Gasteiger charge is -2.34. The van der Waals surface area contributed by atoms with E-state index in [0.717, 1.165) is 18.9 Å². The van der Waals surface area contributed by atoms with Crippen molar-refractivity contribution in [3.63, 3.8) is 0 Å². The minimum Gasteiger partial charge on any atom is -0.356 e. The number of carbonyl (C=O) groups is 2. The molecule has 0 bridgehead atoms. The summed E-state index contributed by atoms with van der Waals surface area (Å²) in [5, 5.41) is 2.82. The van der Waals surface area contributed by atoms with Crippen LogP contribution in [0.15, 0.2) is 29.2 Å². The van der Waals surface area contributed by atoms with Crippen molar-refractivity contribution in [3.8, 4) is 0 Å². The van der Waals surface area contributed by atoms with Crippen LogP contribution < -0.4 is 5.32 Å². The fourth-order valence-corrected chi connectivity index (χ4v) is 4.56. The average Bonchev–Trinajstić information content (AvgIpc) is 3.50. The first kappa shape index (κ1) is 19.8. The molecule has 1 N–H and O–H groups in total. The Bertz CT molecular complexity index is 803. The number of nitrogens with one attached hydrogen (secondary N) is 1. The Balaban J connectivity index is 1.44. The predicted octanol–water partition coefficient (Wildman–Crippen LogP) is 0.965. The van der Waals surface area contributed by atoms with Crippen LogP contribution in [0, 0.1) is 11.7 Å². The highest BCUT2D eigenvalue weighted by atomic mass is 32.2. The Labute approximate surface area is 158 Å². The quantitative estimate of drug-likeness (QED) is 0.695. The Morgan fingerprint density at radius 3 is 2.41 bits per heavy atom. The number of sulfonamides is 1. The number of nitrogens with zero attached hydrogens (tertiary/aromatic N) is 2. The van der Waals surface area contributed by atoms with Crippen molar-refractivity contribution in [1.29, 1.82) is 0 Å². The van der Waals surface area contributed by atoms with Gasteiger partial charge in [0.25, 0.3) is 0 Å². The first-order valence-electron chi connectivity index (χ1n) is 9.20. The number of hydrogen-bond donors (Lipinski definition) is 1. The van der Waals surface area contributed by atoms with Crippen LogP contribution in [0.5, 0.6) is 0 Å². The topological polar surface area (TPSA) is 86.8 Å². The van der Waals surface area contributed by atoms with Crippen LogP contribution in [0.25, 0.3) is 0 Å². The highest BCUT2D eigenvalue weighted by molar-refractivity contribution is 7.89. The maximum absolute atomic E-state index is 13.8. The van der Waals surface area contributed by atoms with Gasteiger partial charge in [-0.3, -0.25) is 9.59 Å². The fourth-order valence-electron chi connectivity index (χ4n) is 3.07. The molecule has 0 spiro atoms. The highest BCUT2D eigenvalue weighted by Gasteiger charge is 2.32. The zero-order valence-electron chi connectivity index (χ0n) is 15.1. The summed E-state index contributed by atoms with van der Waals surface area (Å²) in [6.45, 7) is 1.31. The van der Waals surface area contributed by atoms with E-state index in [4.69, 9.17) is 0 Å². The van der Waals surface area contributed by atoms with Gasteiger partial charge in [0.2, 0.25) is 21.8 Å². The van der Waals surface area contributed by atoms with E-state index in [2.05, 4.69) is 5.32 Å². The second kappa shape index (κ2) is 8.35. The van der Waals surface area contributed by atoms with Gasteiger partial charge >= 0.3 is 0 Å². The summed E-state index contributed by atoms with van der Waals surface area (Å²) in [7, 11) is -3.90. The Morgan fingerprint density at radius 1 is 1.11 bits per heavy atom. The summed E-state index contributed by atoms with van der Waals surface area (Å²) in [5.41, 5.74) is 0. The number of halogens is 1. The van der Waals surface area contributed by atoms with Gasteiger partial charge in [-0.1, -0.05) is 12.1 Å². The van der Waals surface area contributed by atoms with Gasteiger partial charge in [0.15, 0.2) is 0 Å². The van der Waals surface area contributed by atoms with Crippen molar-refractivity contribution < 1.29 is 22.4 Å². The van der Waals surface area contributed by atoms with E-state index in [1.54, 1.807) is 4.90 Å². The minimum absolute atomic E-state index is 0.0568. The maximum Gasteiger partial charge on any atom is 0.246 e. The summed E-state index contributed by atoms with van der Waals surface area (Å²) < 4.78 is 40.2. The van der Waals surface area contributed by atoms with E-state index in [9.17, 15) is 22.4 Å². The van der Waals surface area contributed by atoms with Crippen molar-refractivity contribution in [2.24, 2.45) is 5.92 Å². The number of benzene rings is 1. The van der Waals surface area contributed by atoms with Gasteiger partial charge < -0.3 is 10.2 Å². The first-order chi connectivity index (χ1) is 12.9. The Kier molecular flexibility index (Phi) is 6.11. The van der Waals surface area contributed by atoms with Crippen molar-refractivity contribution in [3.05, 3.63) is 30.1 Å². The molecule has 7 nitrogen and oxygen atoms in total. The Hall–Kier alpha value is -2.00. The van der Waals surface area contributed by atoms with Crippen LogP contribution in [0.2, 0.25) is 0 Å². The number of hydrogen-bond acceptors (Lipinski definition) is 4. The predicted molar refractivity (Wildman–Crippen MR) is 96.7 cm³/mol. The standard InChI is InChI=1S/C18H24FN3O4S/c19-15-4-1-2-5-16(15)27(25,26)22-12-10-21(11-13-22)17(23)6-3-9-20-18(24)14-7-8-14/h1-2,4-5,14H,3,6-13H2,(H,20,24). The second-order valence-electron chi connectivity index (χ2n) is 6.88. The van der Waals surface area contributed by atoms with Crippen molar-refractivity contribution in [1.82, 2.24) is 14.5 Å². The third-order valence-corrected chi connectivity index (χ3v) is 6.79. The molecule has 0 aromatic heterocycles. The van der Waals surface area contributed by atoms with Crippen molar-refractivity contribution >= 4 is 21.8 Å². The van der Waals surface area contributed by atoms with Crippen LogP contribution in [0.4, 0.5) is 4.39 Å². The molecule has 1 heterocycles. The zero-order chi connectivity index (χ0) is 19.4. The van der Waals surface area contributed by atoms with Gasteiger partial charge in [0, 0.05) is 45.1 Å².